The number of amides is 2. The number of carboxylic acids is 1. The predicted molar refractivity (Wildman–Crippen MR) is 125 cm³/mol. The second kappa shape index (κ2) is 9.85. The third kappa shape index (κ3) is 4.50. The quantitative estimate of drug-likeness (QED) is 0.619. The van der Waals surface area contributed by atoms with Gasteiger partial charge in [0, 0.05) is 32.0 Å². The molecular weight excluding hydrogens is 436 g/mol. The summed E-state index contributed by atoms with van der Waals surface area (Å²) in [6, 6.07) is 15.2. The zero-order valence-corrected chi connectivity index (χ0v) is 19.6. The van der Waals surface area contributed by atoms with E-state index in [0.717, 1.165) is 22.3 Å². The van der Waals surface area contributed by atoms with Gasteiger partial charge in [0.15, 0.2) is 0 Å². The third-order valence-electron chi connectivity index (χ3n) is 7.04. The van der Waals surface area contributed by atoms with Crippen molar-refractivity contribution in [3.63, 3.8) is 0 Å². The first kappa shape index (κ1) is 23.8. The van der Waals surface area contributed by atoms with E-state index < -0.39 is 30.1 Å². The number of carbonyl (C=O) groups excluding carboxylic acids is 2. The number of likely N-dealkylation sites (tertiary alicyclic amines) is 1. The smallest absolute Gasteiger partial charge is 0.407 e. The van der Waals surface area contributed by atoms with Gasteiger partial charge in [-0.2, -0.15) is 0 Å². The summed E-state index contributed by atoms with van der Waals surface area (Å²) in [6.07, 6.45) is -1.27. The average molecular weight is 467 g/mol. The molecule has 0 bridgehead atoms. The zero-order chi connectivity index (χ0) is 24.4. The molecule has 1 fully saturated rings. The number of aliphatic carboxylic acids is 1. The highest BCUT2D eigenvalue weighted by Crippen LogP contribution is 2.44. The lowest BCUT2D eigenvalue weighted by molar-refractivity contribution is -0.152. The van der Waals surface area contributed by atoms with Crippen LogP contribution in [-0.4, -0.2) is 66.9 Å². The number of benzene rings is 2. The van der Waals surface area contributed by atoms with Gasteiger partial charge in [-0.1, -0.05) is 55.5 Å². The number of fused-ring (bicyclic) bond motifs is 3. The van der Waals surface area contributed by atoms with Gasteiger partial charge in [-0.05, 0) is 29.2 Å². The Morgan fingerprint density at radius 1 is 1.03 bits per heavy atom. The molecule has 0 spiro atoms. The summed E-state index contributed by atoms with van der Waals surface area (Å²) in [5.41, 5.74) is 4.48. The van der Waals surface area contributed by atoms with E-state index in [0.29, 0.717) is 13.1 Å². The van der Waals surface area contributed by atoms with Crippen LogP contribution < -0.4 is 5.32 Å². The van der Waals surface area contributed by atoms with Crippen LogP contribution in [0, 0.1) is 11.8 Å². The van der Waals surface area contributed by atoms with E-state index in [1.807, 2.05) is 36.4 Å². The first-order chi connectivity index (χ1) is 16.3. The number of hydrogen-bond acceptors (Lipinski definition) is 5. The third-order valence-corrected chi connectivity index (χ3v) is 7.04. The molecule has 1 aliphatic heterocycles. The minimum absolute atomic E-state index is 0.0826. The molecule has 0 aromatic heterocycles. The lowest BCUT2D eigenvalue weighted by atomic mass is 9.86. The van der Waals surface area contributed by atoms with Crippen LogP contribution in [0.5, 0.6) is 0 Å². The molecule has 1 saturated heterocycles. The summed E-state index contributed by atoms with van der Waals surface area (Å²) in [7, 11) is 1.47. The van der Waals surface area contributed by atoms with Crippen LogP contribution in [-0.2, 0) is 19.1 Å². The molecule has 3 atom stereocenters. The van der Waals surface area contributed by atoms with Crippen molar-refractivity contribution >= 4 is 18.0 Å². The van der Waals surface area contributed by atoms with Crippen molar-refractivity contribution in [2.24, 2.45) is 11.8 Å². The fourth-order valence-electron chi connectivity index (χ4n) is 4.69. The Kier molecular flexibility index (Phi) is 6.88. The minimum Gasteiger partial charge on any atom is -0.481 e. The summed E-state index contributed by atoms with van der Waals surface area (Å²) in [6.45, 7) is 4.16. The maximum Gasteiger partial charge on any atom is 0.407 e. The SMILES string of the molecule is COC(C)C(NC(=O)OCC1c2ccccc2-c2ccccc21)C(=O)N1CC(C(C)C(=O)O)C1. The Hall–Kier alpha value is -3.39. The van der Waals surface area contributed by atoms with Crippen molar-refractivity contribution in [3.8, 4) is 11.1 Å². The van der Waals surface area contributed by atoms with Crippen LogP contribution in [0.2, 0.25) is 0 Å². The summed E-state index contributed by atoms with van der Waals surface area (Å²) in [5.74, 6) is -1.90. The fraction of sp³-hybridized carbons (Fsp3) is 0.423. The van der Waals surface area contributed by atoms with Crippen LogP contribution in [0.15, 0.2) is 48.5 Å². The molecule has 3 unspecified atom stereocenters. The van der Waals surface area contributed by atoms with Crippen molar-refractivity contribution in [3.05, 3.63) is 59.7 Å². The topological polar surface area (TPSA) is 105 Å². The van der Waals surface area contributed by atoms with Gasteiger partial charge >= 0.3 is 12.1 Å². The number of carboxylic acid groups (broad SMARTS) is 1. The number of alkyl carbamates (subject to hydrolysis) is 1. The van der Waals surface area contributed by atoms with Crippen molar-refractivity contribution in [2.75, 3.05) is 26.8 Å². The van der Waals surface area contributed by atoms with Gasteiger partial charge in [0.25, 0.3) is 0 Å². The van der Waals surface area contributed by atoms with E-state index in [2.05, 4.69) is 17.4 Å². The van der Waals surface area contributed by atoms with Gasteiger partial charge < -0.3 is 24.8 Å². The van der Waals surface area contributed by atoms with Crippen molar-refractivity contribution in [2.45, 2.75) is 31.9 Å². The maximum absolute atomic E-state index is 13.0. The highest BCUT2D eigenvalue weighted by molar-refractivity contribution is 5.87. The Morgan fingerprint density at radius 2 is 1.59 bits per heavy atom. The van der Waals surface area contributed by atoms with E-state index in [4.69, 9.17) is 9.47 Å². The number of carbonyl (C=O) groups is 3. The first-order valence-electron chi connectivity index (χ1n) is 11.5. The lowest BCUT2D eigenvalue weighted by Crippen LogP contribution is -2.61. The summed E-state index contributed by atoms with van der Waals surface area (Å²) in [5, 5.41) is 11.8. The number of nitrogens with one attached hydrogen (secondary N) is 1. The largest absolute Gasteiger partial charge is 0.481 e. The molecule has 4 rings (SSSR count). The number of ether oxygens (including phenoxy) is 2. The van der Waals surface area contributed by atoms with Crippen LogP contribution in [0.1, 0.15) is 30.9 Å². The van der Waals surface area contributed by atoms with Crippen molar-refractivity contribution in [1.29, 1.82) is 0 Å². The molecule has 2 aromatic carbocycles. The summed E-state index contributed by atoms with van der Waals surface area (Å²) < 4.78 is 10.9. The molecule has 0 saturated carbocycles. The van der Waals surface area contributed by atoms with Gasteiger partial charge in [0.05, 0.1) is 12.0 Å². The molecule has 180 valence electrons. The molecule has 2 amide bonds. The van der Waals surface area contributed by atoms with E-state index in [9.17, 15) is 19.5 Å². The zero-order valence-electron chi connectivity index (χ0n) is 19.6. The molecule has 8 nitrogen and oxygen atoms in total. The normalized spacial score (nSPS) is 17.7. The monoisotopic (exact) mass is 466 g/mol. The van der Waals surface area contributed by atoms with E-state index in [1.54, 1.807) is 18.7 Å². The average Bonchev–Trinajstić information content (AvgIpc) is 3.13. The summed E-state index contributed by atoms with van der Waals surface area (Å²) in [4.78, 5) is 38.5. The van der Waals surface area contributed by atoms with Gasteiger partial charge in [0.1, 0.15) is 12.6 Å². The molecule has 1 aliphatic carbocycles. The molecule has 0 radical (unpaired) electrons. The van der Waals surface area contributed by atoms with E-state index in [1.165, 1.54) is 7.11 Å². The fourth-order valence-corrected chi connectivity index (χ4v) is 4.69. The van der Waals surface area contributed by atoms with Crippen molar-refractivity contribution in [1.82, 2.24) is 10.2 Å². The molecule has 2 aliphatic rings. The lowest BCUT2D eigenvalue weighted by Gasteiger charge is -2.43. The van der Waals surface area contributed by atoms with E-state index >= 15 is 0 Å². The number of methoxy groups -OCH3 is 1. The minimum atomic E-state index is -0.929. The van der Waals surface area contributed by atoms with Gasteiger partial charge in [-0.25, -0.2) is 4.79 Å². The number of nitrogens with zero attached hydrogens (tertiary/aromatic N) is 1. The first-order valence-corrected chi connectivity index (χ1v) is 11.5. The second-order valence-electron chi connectivity index (χ2n) is 9.02. The highest BCUT2D eigenvalue weighted by Gasteiger charge is 2.41. The van der Waals surface area contributed by atoms with Crippen LogP contribution in [0.25, 0.3) is 11.1 Å². The highest BCUT2D eigenvalue weighted by atomic mass is 16.5. The predicted octanol–water partition coefficient (Wildman–Crippen LogP) is 3.11. The molecule has 1 heterocycles. The molecule has 34 heavy (non-hydrogen) atoms. The van der Waals surface area contributed by atoms with Crippen LogP contribution >= 0.6 is 0 Å². The number of hydrogen-bond donors (Lipinski definition) is 2. The second-order valence-corrected chi connectivity index (χ2v) is 9.02. The Labute approximate surface area is 198 Å². The van der Waals surface area contributed by atoms with Crippen LogP contribution in [0.4, 0.5) is 4.79 Å². The Morgan fingerprint density at radius 3 is 2.12 bits per heavy atom. The Bertz CT molecular complexity index is 1030. The summed E-state index contributed by atoms with van der Waals surface area (Å²) >= 11 is 0. The standard InChI is InChI=1S/C26H30N2O6/c1-15(25(30)31)17-12-28(13-17)24(29)23(16(2)33-3)27-26(32)34-14-22-20-10-6-4-8-18(20)19-9-5-7-11-21(19)22/h4-11,15-17,22-23H,12-14H2,1-3H3,(H,27,32)(H,30,31). The molecule has 2 N–H and O–H groups in total. The van der Waals surface area contributed by atoms with Gasteiger partial charge in [0.2, 0.25) is 5.91 Å². The maximum atomic E-state index is 13.0. The van der Waals surface area contributed by atoms with E-state index in [-0.39, 0.29) is 24.3 Å². The molecule has 2 aromatic rings. The van der Waals surface area contributed by atoms with Gasteiger partial charge in [-0.15, -0.1) is 0 Å². The van der Waals surface area contributed by atoms with Crippen LogP contribution in [0.3, 0.4) is 0 Å². The van der Waals surface area contributed by atoms with Gasteiger partial charge in [-0.3, -0.25) is 9.59 Å². The molecule has 8 heteroatoms. The number of rotatable bonds is 8. The molecular formula is C26H30N2O6. The Balaban J connectivity index is 1.39. The van der Waals surface area contributed by atoms with Crippen molar-refractivity contribution < 1.29 is 29.0 Å².